The lowest BCUT2D eigenvalue weighted by Gasteiger charge is -2.10. The molecule has 1 aromatic carbocycles. The van der Waals surface area contributed by atoms with Gasteiger partial charge < -0.3 is 15.5 Å². The van der Waals surface area contributed by atoms with Crippen molar-refractivity contribution in [1.29, 1.82) is 0 Å². The Bertz CT molecular complexity index is 636. The first-order valence-corrected chi connectivity index (χ1v) is 5.48. The van der Waals surface area contributed by atoms with E-state index in [1.165, 1.54) is 19.2 Å². The van der Waals surface area contributed by atoms with E-state index in [-0.39, 0.29) is 17.4 Å². The van der Waals surface area contributed by atoms with E-state index in [1.807, 2.05) is 5.43 Å². The summed E-state index contributed by atoms with van der Waals surface area (Å²) in [6.07, 6.45) is 0. The van der Waals surface area contributed by atoms with Gasteiger partial charge in [0.2, 0.25) is 0 Å². The summed E-state index contributed by atoms with van der Waals surface area (Å²) in [6.45, 7) is 0. The number of halogens is 3. The van der Waals surface area contributed by atoms with Crippen LogP contribution in [0.5, 0.6) is 5.75 Å². The van der Waals surface area contributed by atoms with Crippen molar-refractivity contribution in [3.63, 3.8) is 0 Å². The smallest absolute Gasteiger partial charge is 0.178 e. The third kappa shape index (κ3) is 2.75. The van der Waals surface area contributed by atoms with Crippen LogP contribution in [0.1, 0.15) is 0 Å². The summed E-state index contributed by atoms with van der Waals surface area (Å²) in [5, 5.41) is 2.58. The second kappa shape index (κ2) is 5.66. The van der Waals surface area contributed by atoms with E-state index in [0.717, 1.165) is 6.07 Å². The molecule has 0 aliphatic heterocycles. The molecule has 0 atom stereocenters. The molecule has 20 heavy (non-hydrogen) atoms. The lowest BCUT2D eigenvalue weighted by atomic mass is 10.3. The first kappa shape index (κ1) is 13.9. The van der Waals surface area contributed by atoms with Gasteiger partial charge in [-0.25, -0.2) is 24.0 Å². The SMILES string of the molecule is COc1cc(Nc2nc(NN)c(F)cc2F)ccc1F. The van der Waals surface area contributed by atoms with Gasteiger partial charge in [0.1, 0.15) is 0 Å². The number of rotatable bonds is 4. The Labute approximate surface area is 112 Å². The maximum absolute atomic E-state index is 13.6. The van der Waals surface area contributed by atoms with E-state index in [2.05, 4.69) is 10.3 Å². The van der Waals surface area contributed by atoms with Crippen molar-refractivity contribution < 1.29 is 17.9 Å². The van der Waals surface area contributed by atoms with Crippen LogP contribution in [0.3, 0.4) is 0 Å². The second-order valence-electron chi connectivity index (χ2n) is 3.77. The molecule has 0 amide bonds. The molecule has 0 saturated carbocycles. The maximum atomic E-state index is 13.6. The number of nitrogens with zero attached hydrogens (tertiary/aromatic N) is 1. The first-order chi connectivity index (χ1) is 9.55. The Hall–Kier alpha value is -2.48. The molecule has 0 spiro atoms. The van der Waals surface area contributed by atoms with Crippen LogP contribution < -0.4 is 21.3 Å². The van der Waals surface area contributed by atoms with Crippen molar-refractivity contribution in [3.8, 4) is 5.75 Å². The Morgan fingerprint density at radius 2 is 1.75 bits per heavy atom. The van der Waals surface area contributed by atoms with Gasteiger partial charge in [0.05, 0.1) is 7.11 Å². The Kier molecular flexibility index (Phi) is 3.94. The van der Waals surface area contributed by atoms with Crippen molar-refractivity contribution in [2.45, 2.75) is 0 Å². The number of ether oxygens (including phenoxy) is 1. The molecule has 0 radical (unpaired) electrons. The summed E-state index contributed by atoms with van der Waals surface area (Å²) < 4.78 is 44.8. The summed E-state index contributed by atoms with van der Waals surface area (Å²) in [4.78, 5) is 3.63. The number of aromatic nitrogens is 1. The third-order valence-electron chi connectivity index (χ3n) is 2.48. The molecule has 0 bridgehead atoms. The number of anilines is 3. The summed E-state index contributed by atoms with van der Waals surface area (Å²) in [6, 6.07) is 4.45. The van der Waals surface area contributed by atoms with Gasteiger partial charge in [-0.1, -0.05) is 0 Å². The van der Waals surface area contributed by atoms with Crippen LogP contribution >= 0.6 is 0 Å². The van der Waals surface area contributed by atoms with Crippen LogP contribution in [0.25, 0.3) is 0 Å². The van der Waals surface area contributed by atoms with Crippen molar-refractivity contribution in [1.82, 2.24) is 4.98 Å². The van der Waals surface area contributed by atoms with Crippen LogP contribution in [0, 0.1) is 17.5 Å². The lowest BCUT2D eigenvalue weighted by molar-refractivity contribution is 0.387. The summed E-state index contributed by atoms with van der Waals surface area (Å²) >= 11 is 0. The highest BCUT2D eigenvalue weighted by Gasteiger charge is 2.12. The summed E-state index contributed by atoms with van der Waals surface area (Å²) in [7, 11) is 1.30. The number of benzene rings is 1. The second-order valence-corrected chi connectivity index (χ2v) is 3.77. The molecule has 4 N–H and O–H groups in total. The minimum absolute atomic E-state index is 0.0188. The van der Waals surface area contributed by atoms with E-state index in [0.29, 0.717) is 11.8 Å². The van der Waals surface area contributed by atoms with Crippen molar-refractivity contribution in [3.05, 3.63) is 41.7 Å². The fraction of sp³-hybridized carbons (Fsp3) is 0.0833. The molecule has 0 fully saturated rings. The topological polar surface area (TPSA) is 72.2 Å². The molecule has 106 valence electrons. The molecular weight excluding hydrogens is 273 g/mol. The summed E-state index contributed by atoms with van der Waals surface area (Å²) in [5.41, 5.74) is 2.33. The van der Waals surface area contributed by atoms with Gasteiger partial charge >= 0.3 is 0 Å². The molecule has 1 aromatic heterocycles. The number of nitrogens with two attached hydrogens (primary N) is 1. The number of nitrogen functional groups attached to an aromatic ring is 1. The molecule has 8 heteroatoms. The van der Waals surface area contributed by atoms with E-state index in [4.69, 9.17) is 10.6 Å². The highest BCUT2D eigenvalue weighted by atomic mass is 19.1. The number of pyridine rings is 1. The third-order valence-corrected chi connectivity index (χ3v) is 2.48. The Morgan fingerprint density at radius 3 is 2.40 bits per heavy atom. The number of methoxy groups -OCH3 is 1. The molecule has 2 aromatic rings. The number of nitrogens with one attached hydrogen (secondary N) is 2. The molecule has 5 nitrogen and oxygen atoms in total. The van der Waals surface area contributed by atoms with Gasteiger partial charge in [0, 0.05) is 17.8 Å². The predicted molar refractivity (Wildman–Crippen MR) is 68.2 cm³/mol. The highest BCUT2D eigenvalue weighted by molar-refractivity contribution is 5.60. The van der Waals surface area contributed by atoms with Gasteiger partial charge in [-0.2, -0.15) is 0 Å². The van der Waals surface area contributed by atoms with Crippen LogP contribution in [0.2, 0.25) is 0 Å². The monoisotopic (exact) mass is 284 g/mol. The van der Waals surface area contributed by atoms with E-state index < -0.39 is 17.5 Å². The van der Waals surface area contributed by atoms with Crippen molar-refractivity contribution >= 4 is 17.3 Å². The normalized spacial score (nSPS) is 10.2. The molecular formula is C12H11F3N4O. The zero-order chi connectivity index (χ0) is 14.7. The largest absolute Gasteiger partial charge is 0.494 e. The molecule has 0 saturated heterocycles. The number of hydrazine groups is 1. The average molecular weight is 284 g/mol. The highest BCUT2D eigenvalue weighted by Crippen LogP contribution is 2.26. The minimum Gasteiger partial charge on any atom is -0.494 e. The molecule has 0 aliphatic carbocycles. The number of hydrogen-bond acceptors (Lipinski definition) is 5. The zero-order valence-corrected chi connectivity index (χ0v) is 10.4. The van der Waals surface area contributed by atoms with E-state index in [9.17, 15) is 13.2 Å². The van der Waals surface area contributed by atoms with Crippen molar-refractivity contribution in [2.24, 2.45) is 5.84 Å². The van der Waals surface area contributed by atoms with E-state index >= 15 is 0 Å². The van der Waals surface area contributed by atoms with Gasteiger partial charge in [-0.3, -0.25) is 0 Å². The Morgan fingerprint density at radius 1 is 1.05 bits per heavy atom. The summed E-state index contributed by atoms with van der Waals surface area (Å²) in [5.74, 6) is 2.07. The van der Waals surface area contributed by atoms with Crippen LogP contribution in [-0.2, 0) is 0 Å². The van der Waals surface area contributed by atoms with Gasteiger partial charge in [-0.05, 0) is 12.1 Å². The maximum Gasteiger partial charge on any atom is 0.178 e. The quantitative estimate of drug-likeness (QED) is 0.594. The number of hydrogen-bond donors (Lipinski definition) is 3. The predicted octanol–water partition coefficient (Wildman–Crippen LogP) is 2.54. The van der Waals surface area contributed by atoms with Crippen LogP contribution in [0.4, 0.5) is 30.5 Å². The van der Waals surface area contributed by atoms with E-state index in [1.54, 1.807) is 0 Å². The fourth-order valence-electron chi connectivity index (χ4n) is 1.53. The lowest BCUT2D eigenvalue weighted by Crippen LogP contribution is -2.12. The van der Waals surface area contributed by atoms with Crippen molar-refractivity contribution in [2.75, 3.05) is 17.9 Å². The van der Waals surface area contributed by atoms with Crippen LogP contribution in [-0.4, -0.2) is 12.1 Å². The molecule has 0 unspecified atom stereocenters. The van der Waals surface area contributed by atoms with Gasteiger partial charge in [0.15, 0.2) is 34.8 Å². The zero-order valence-electron chi connectivity index (χ0n) is 10.4. The standard InChI is InChI=1S/C12H11F3N4O/c1-20-10-4-6(2-3-7(10)13)17-11-8(14)5-9(15)12(18-11)19-16/h2-5H,16H2,1H3,(H2,17,18,19). The van der Waals surface area contributed by atoms with Gasteiger partial charge in [0.25, 0.3) is 0 Å². The average Bonchev–Trinajstić information content (AvgIpc) is 2.43. The minimum atomic E-state index is -0.924. The fourth-order valence-corrected chi connectivity index (χ4v) is 1.53. The Balaban J connectivity index is 2.34. The molecule has 1 heterocycles. The first-order valence-electron chi connectivity index (χ1n) is 5.48. The van der Waals surface area contributed by atoms with Crippen LogP contribution in [0.15, 0.2) is 24.3 Å². The molecule has 0 aliphatic rings. The molecule has 2 rings (SSSR count). The van der Waals surface area contributed by atoms with Gasteiger partial charge in [-0.15, -0.1) is 0 Å².